The molecule has 0 aromatic heterocycles. The molecule has 1 aromatic carbocycles. The molecule has 0 aliphatic heterocycles. The molecule has 5 nitrogen and oxygen atoms in total. The number of carboxylic acid groups (broad SMARTS) is 1. The first-order valence-corrected chi connectivity index (χ1v) is 3.09. The topological polar surface area (TPSA) is 80.4 Å². The van der Waals surface area contributed by atoms with Gasteiger partial charge < -0.3 is 5.11 Å². The Morgan fingerprint density at radius 3 is 2.08 bits per heavy atom. The van der Waals surface area contributed by atoms with Crippen molar-refractivity contribution in [3.63, 3.8) is 0 Å². The van der Waals surface area contributed by atoms with Crippen molar-refractivity contribution in [1.82, 2.24) is 0 Å². The Morgan fingerprint density at radius 1 is 1.31 bits per heavy atom. The second-order valence-corrected chi connectivity index (χ2v) is 2.11. The van der Waals surface area contributed by atoms with E-state index in [0.29, 0.717) is 0 Å². The second-order valence-electron chi connectivity index (χ2n) is 2.11. The van der Waals surface area contributed by atoms with Crippen LogP contribution in [0.15, 0.2) is 24.3 Å². The molecule has 71 valence electrons. The molecular weight excluding hydrogens is 221 g/mol. The van der Waals surface area contributed by atoms with Crippen molar-refractivity contribution in [2.75, 3.05) is 0 Å². The number of aromatic carboxylic acids is 1. The standard InChI is InChI=1S/C7H5NO4.Co/c9-7(10)5-1-3-6(4-2-5)8(11)12;/h1-4H,(H,9,10);. The van der Waals surface area contributed by atoms with Gasteiger partial charge in [-0.15, -0.1) is 0 Å². The minimum Gasteiger partial charge on any atom is -0.478 e. The first kappa shape index (κ1) is 11.6. The molecule has 0 atom stereocenters. The third-order valence-electron chi connectivity index (χ3n) is 1.33. The number of hydrogen-bond donors (Lipinski definition) is 1. The number of nitro groups is 1. The molecule has 1 rings (SSSR count). The molecule has 13 heavy (non-hydrogen) atoms. The summed E-state index contributed by atoms with van der Waals surface area (Å²) in [6.45, 7) is 0. The van der Waals surface area contributed by atoms with Crippen LogP contribution in [-0.2, 0) is 16.8 Å². The van der Waals surface area contributed by atoms with Crippen LogP contribution in [0.25, 0.3) is 0 Å². The zero-order valence-corrected chi connectivity index (χ0v) is 7.30. The van der Waals surface area contributed by atoms with E-state index in [1.165, 1.54) is 12.1 Å². The van der Waals surface area contributed by atoms with E-state index >= 15 is 0 Å². The summed E-state index contributed by atoms with van der Waals surface area (Å²) in [4.78, 5) is 19.9. The predicted octanol–water partition coefficient (Wildman–Crippen LogP) is 1.29. The van der Waals surface area contributed by atoms with E-state index in [-0.39, 0.29) is 28.0 Å². The summed E-state index contributed by atoms with van der Waals surface area (Å²) in [6.07, 6.45) is 0. The number of nitro benzene ring substituents is 1. The number of rotatable bonds is 2. The summed E-state index contributed by atoms with van der Waals surface area (Å²) in [7, 11) is 0. The fourth-order valence-corrected chi connectivity index (χ4v) is 0.726. The number of benzene rings is 1. The Bertz CT molecular complexity index is 289. The third kappa shape index (κ3) is 2.84. The first-order chi connectivity index (χ1) is 5.61. The van der Waals surface area contributed by atoms with Gasteiger partial charge in [0.2, 0.25) is 0 Å². The van der Waals surface area contributed by atoms with Gasteiger partial charge in [0, 0.05) is 28.9 Å². The third-order valence-corrected chi connectivity index (χ3v) is 1.33. The maximum Gasteiger partial charge on any atom is 0.335 e. The van der Waals surface area contributed by atoms with Gasteiger partial charge in [-0.05, 0) is 12.1 Å². The van der Waals surface area contributed by atoms with Gasteiger partial charge in [0.15, 0.2) is 0 Å². The molecule has 6 heteroatoms. The molecule has 0 spiro atoms. The minimum absolute atomic E-state index is 0. The van der Waals surface area contributed by atoms with Gasteiger partial charge in [-0.3, -0.25) is 10.1 Å². The van der Waals surface area contributed by atoms with Crippen LogP contribution >= 0.6 is 0 Å². The average molecular weight is 226 g/mol. The second kappa shape index (κ2) is 4.58. The van der Waals surface area contributed by atoms with Gasteiger partial charge in [0.25, 0.3) is 5.69 Å². The quantitative estimate of drug-likeness (QED) is 0.608. The molecule has 0 saturated carbocycles. The van der Waals surface area contributed by atoms with E-state index < -0.39 is 10.9 Å². The number of hydrogen-bond acceptors (Lipinski definition) is 3. The zero-order chi connectivity index (χ0) is 9.14. The summed E-state index contributed by atoms with van der Waals surface area (Å²) in [6, 6.07) is 4.70. The van der Waals surface area contributed by atoms with Gasteiger partial charge in [0.1, 0.15) is 0 Å². The fourth-order valence-electron chi connectivity index (χ4n) is 0.726. The van der Waals surface area contributed by atoms with Crippen molar-refractivity contribution < 1.29 is 31.6 Å². The fraction of sp³-hybridized carbons (Fsp3) is 0. The summed E-state index contributed by atoms with van der Waals surface area (Å²) in [5.41, 5.74) is -0.0689. The van der Waals surface area contributed by atoms with Crippen molar-refractivity contribution in [3.8, 4) is 0 Å². The monoisotopic (exact) mass is 226 g/mol. The number of carboxylic acids is 1. The van der Waals surface area contributed by atoms with Crippen LogP contribution in [-0.4, -0.2) is 16.0 Å². The summed E-state index contributed by atoms with van der Waals surface area (Å²) >= 11 is 0. The van der Waals surface area contributed by atoms with E-state index in [9.17, 15) is 14.9 Å². The molecule has 0 amide bonds. The van der Waals surface area contributed by atoms with Crippen LogP contribution in [0.3, 0.4) is 0 Å². The van der Waals surface area contributed by atoms with Gasteiger partial charge in [0.05, 0.1) is 10.5 Å². The molecule has 0 unspecified atom stereocenters. The van der Waals surface area contributed by atoms with E-state index in [1.807, 2.05) is 0 Å². The van der Waals surface area contributed by atoms with Crippen molar-refractivity contribution in [2.45, 2.75) is 0 Å². The smallest absolute Gasteiger partial charge is 0.335 e. The van der Waals surface area contributed by atoms with Gasteiger partial charge >= 0.3 is 5.97 Å². The normalized spacial score (nSPS) is 8.62. The SMILES string of the molecule is O=C(O)c1ccc([N+](=O)[O-])cc1.[Co]. The molecular formula is C7H5CoNO4. The predicted molar refractivity (Wildman–Crippen MR) is 40.1 cm³/mol. The molecule has 0 heterocycles. The average Bonchev–Trinajstić information content (AvgIpc) is 2.04. The van der Waals surface area contributed by atoms with Crippen molar-refractivity contribution >= 4 is 11.7 Å². The molecule has 0 aliphatic carbocycles. The number of nitrogens with zero attached hydrogens (tertiary/aromatic N) is 1. The zero-order valence-electron chi connectivity index (χ0n) is 6.26. The Hall–Kier alpha value is -1.40. The number of carbonyl (C=O) groups is 1. The van der Waals surface area contributed by atoms with Crippen molar-refractivity contribution in [3.05, 3.63) is 39.9 Å². The van der Waals surface area contributed by atoms with E-state index in [0.717, 1.165) is 12.1 Å². The first-order valence-electron chi connectivity index (χ1n) is 3.09. The van der Waals surface area contributed by atoms with Crippen LogP contribution in [0, 0.1) is 10.1 Å². The molecule has 0 saturated heterocycles. The van der Waals surface area contributed by atoms with Gasteiger partial charge in [-0.1, -0.05) is 0 Å². The Labute approximate surface area is 83.7 Å². The molecule has 0 bridgehead atoms. The minimum atomic E-state index is -1.09. The van der Waals surface area contributed by atoms with Crippen molar-refractivity contribution in [1.29, 1.82) is 0 Å². The van der Waals surface area contributed by atoms with E-state index in [4.69, 9.17) is 5.11 Å². The van der Waals surface area contributed by atoms with E-state index in [1.54, 1.807) is 0 Å². The van der Waals surface area contributed by atoms with Crippen LogP contribution in [0.1, 0.15) is 10.4 Å². The van der Waals surface area contributed by atoms with Crippen LogP contribution in [0.5, 0.6) is 0 Å². The summed E-state index contributed by atoms with van der Waals surface area (Å²) < 4.78 is 0. The van der Waals surface area contributed by atoms with Gasteiger partial charge in [-0.25, -0.2) is 4.79 Å². The molecule has 0 aliphatic rings. The summed E-state index contributed by atoms with van der Waals surface area (Å²) in [5.74, 6) is -1.09. The maximum atomic E-state index is 10.3. The molecule has 0 fully saturated rings. The van der Waals surface area contributed by atoms with E-state index in [2.05, 4.69) is 0 Å². The van der Waals surface area contributed by atoms with Crippen LogP contribution in [0.2, 0.25) is 0 Å². The van der Waals surface area contributed by atoms with Crippen LogP contribution in [0.4, 0.5) is 5.69 Å². The van der Waals surface area contributed by atoms with Gasteiger partial charge in [-0.2, -0.15) is 0 Å². The Balaban J connectivity index is 0.00000144. The number of non-ortho nitro benzene ring substituents is 1. The molecule has 1 radical (unpaired) electrons. The molecule has 1 N–H and O–H groups in total. The van der Waals surface area contributed by atoms with Crippen LogP contribution < -0.4 is 0 Å². The summed E-state index contributed by atoms with van der Waals surface area (Å²) in [5, 5.41) is 18.6. The molecule has 1 aromatic rings. The van der Waals surface area contributed by atoms with Crippen molar-refractivity contribution in [2.24, 2.45) is 0 Å². The Morgan fingerprint density at radius 2 is 1.77 bits per heavy atom. The Kier molecular flexibility index (Phi) is 4.09. The largest absolute Gasteiger partial charge is 0.478 e. The maximum absolute atomic E-state index is 10.3.